The van der Waals surface area contributed by atoms with Crippen LogP contribution in [0.2, 0.25) is 0 Å². The van der Waals surface area contributed by atoms with E-state index in [1.807, 2.05) is 36.4 Å². The van der Waals surface area contributed by atoms with E-state index in [1.165, 1.54) is 0 Å². The molecule has 2 aliphatic carbocycles. The zero-order valence-electron chi connectivity index (χ0n) is 23.9. The summed E-state index contributed by atoms with van der Waals surface area (Å²) in [6.45, 7) is 0.618. The summed E-state index contributed by atoms with van der Waals surface area (Å²) >= 11 is 0. The molecule has 2 aromatic heterocycles. The minimum Gasteiger partial charge on any atom is -0.368 e. The molecule has 2 aliphatic rings. The molecule has 222 valence electrons. The summed E-state index contributed by atoms with van der Waals surface area (Å²) in [5.41, 5.74) is 15.9. The first-order valence-corrected chi connectivity index (χ1v) is 14.8. The summed E-state index contributed by atoms with van der Waals surface area (Å²) in [6, 6.07) is 14.6. The molecule has 0 unspecified atom stereocenters. The summed E-state index contributed by atoms with van der Waals surface area (Å²) in [5, 5.41) is 17.4. The Bertz CT molecular complexity index is 1530. The molecule has 2 aromatic carbocycles. The van der Waals surface area contributed by atoms with E-state index in [2.05, 4.69) is 35.9 Å². The van der Waals surface area contributed by atoms with Crippen molar-refractivity contribution in [2.75, 3.05) is 16.8 Å². The number of tetrazole rings is 1. The molecule has 2 saturated carbocycles. The van der Waals surface area contributed by atoms with Crippen LogP contribution in [-0.4, -0.2) is 61.0 Å². The molecule has 12 heteroatoms. The minimum atomic E-state index is -0.896. The highest BCUT2D eigenvalue weighted by Crippen LogP contribution is 2.33. The molecule has 0 radical (unpaired) electrons. The molecular weight excluding hydrogens is 544 g/mol. The van der Waals surface area contributed by atoms with Gasteiger partial charge in [-0.2, -0.15) is 5.21 Å². The summed E-state index contributed by atoms with van der Waals surface area (Å²) in [6.07, 6.45) is 9.35. The smallest absolute Gasteiger partial charge is 0.240 e. The van der Waals surface area contributed by atoms with Crippen molar-refractivity contribution in [3.05, 3.63) is 66.5 Å². The summed E-state index contributed by atoms with van der Waals surface area (Å²) < 4.78 is 0. The maximum Gasteiger partial charge on any atom is 0.240 e. The van der Waals surface area contributed by atoms with E-state index in [4.69, 9.17) is 11.5 Å². The van der Waals surface area contributed by atoms with E-state index in [0.717, 1.165) is 60.8 Å². The Morgan fingerprint density at radius 2 is 1.70 bits per heavy atom. The van der Waals surface area contributed by atoms with E-state index in [9.17, 15) is 9.59 Å². The predicted molar refractivity (Wildman–Crippen MR) is 162 cm³/mol. The third-order valence-electron chi connectivity index (χ3n) is 8.41. The molecule has 43 heavy (non-hydrogen) atoms. The van der Waals surface area contributed by atoms with Crippen LogP contribution in [-0.2, 0) is 16.0 Å². The topological polar surface area (TPSA) is 182 Å². The number of benzene rings is 2. The maximum absolute atomic E-state index is 14.2. The van der Waals surface area contributed by atoms with Gasteiger partial charge < -0.3 is 16.8 Å². The molecule has 2 heterocycles. The lowest BCUT2D eigenvalue weighted by molar-refractivity contribution is -0.127. The average molecular weight is 581 g/mol. The van der Waals surface area contributed by atoms with Crippen LogP contribution in [0, 0.1) is 11.8 Å². The first-order chi connectivity index (χ1) is 21.0. The Balaban J connectivity index is 1.28. The van der Waals surface area contributed by atoms with Gasteiger partial charge in [0.2, 0.25) is 23.6 Å². The van der Waals surface area contributed by atoms with Gasteiger partial charge in [-0.1, -0.05) is 24.3 Å². The molecule has 0 bridgehead atoms. The highest BCUT2D eigenvalue weighted by molar-refractivity contribution is 6.01. The van der Waals surface area contributed by atoms with Gasteiger partial charge in [-0.25, -0.2) is 9.97 Å². The molecule has 4 aromatic rings. The average Bonchev–Trinajstić information content (AvgIpc) is 3.69. The van der Waals surface area contributed by atoms with Crippen LogP contribution >= 0.6 is 0 Å². The van der Waals surface area contributed by atoms with Crippen LogP contribution in [0.5, 0.6) is 0 Å². The largest absolute Gasteiger partial charge is 0.368 e. The lowest BCUT2D eigenvalue weighted by Crippen LogP contribution is -2.52. The van der Waals surface area contributed by atoms with Gasteiger partial charge in [0.15, 0.2) is 0 Å². The fourth-order valence-electron chi connectivity index (χ4n) is 5.74. The van der Waals surface area contributed by atoms with Crippen molar-refractivity contribution in [1.82, 2.24) is 30.6 Å². The number of hydrogen-bond acceptors (Lipinski definition) is 9. The number of aromatic nitrogens is 6. The van der Waals surface area contributed by atoms with Gasteiger partial charge in [-0.15, -0.1) is 10.2 Å². The summed E-state index contributed by atoms with van der Waals surface area (Å²) in [4.78, 5) is 37.8. The van der Waals surface area contributed by atoms with E-state index in [1.54, 1.807) is 29.4 Å². The third-order valence-corrected chi connectivity index (χ3v) is 8.41. The molecule has 6 N–H and O–H groups in total. The van der Waals surface area contributed by atoms with Crippen molar-refractivity contribution in [1.29, 1.82) is 0 Å². The maximum atomic E-state index is 14.2. The monoisotopic (exact) mass is 580 g/mol. The number of nitrogens with zero attached hydrogens (tertiary/aromatic N) is 6. The number of primary amides is 1. The Labute approximate surface area is 249 Å². The Morgan fingerprint density at radius 1 is 0.953 bits per heavy atom. The molecule has 0 spiro atoms. The second-order valence-corrected chi connectivity index (χ2v) is 11.5. The predicted octanol–water partition coefficient (Wildman–Crippen LogP) is 3.09. The fraction of sp³-hybridized carbons (Fsp3) is 0.387. The Morgan fingerprint density at radius 3 is 2.33 bits per heavy atom. The number of H-pyrrole nitrogens is 1. The van der Waals surface area contributed by atoms with Crippen LogP contribution in [0.15, 0.2) is 60.9 Å². The zero-order chi connectivity index (χ0) is 29.8. The van der Waals surface area contributed by atoms with Crippen LogP contribution < -0.4 is 21.7 Å². The SMILES string of the molecule is NCC1CCC(C(=O)N(c2ccc(-c3nn[nH]n3)cc2)[C@@H](Cc2cccc(-c3cnc(NC4CC4)nc3)c2)C(N)=O)CC1. The summed E-state index contributed by atoms with van der Waals surface area (Å²) in [7, 11) is 0. The highest BCUT2D eigenvalue weighted by atomic mass is 16.2. The fourth-order valence-corrected chi connectivity index (χ4v) is 5.74. The van der Waals surface area contributed by atoms with Gasteiger partial charge in [-0.05, 0) is 91.6 Å². The molecule has 0 aliphatic heterocycles. The Hall–Kier alpha value is -4.71. The molecule has 6 rings (SSSR count). The molecular formula is C31H36N10O2. The standard InChI is InChI=1S/C31H36N10O2/c32-16-19-4-6-22(7-5-19)30(43)41(26-12-8-21(9-13-26)29-37-39-40-38-29)27(28(33)42)15-20-2-1-3-23(14-20)24-17-34-31(35-18-24)36-25-10-11-25/h1-3,8-9,12-14,17-19,22,25,27H,4-7,10-11,15-16,32H2,(H2,33,42)(H,34,35,36)(H,37,38,39,40)/t19?,22?,27-/m0/s1. The number of nitrogens with two attached hydrogens (primary N) is 2. The van der Waals surface area contributed by atoms with Crippen molar-refractivity contribution >= 4 is 23.5 Å². The van der Waals surface area contributed by atoms with Crippen molar-refractivity contribution in [3.63, 3.8) is 0 Å². The number of hydrogen-bond donors (Lipinski definition) is 4. The van der Waals surface area contributed by atoms with Gasteiger partial charge in [0.05, 0.1) is 0 Å². The first-order valence-electron chi connectivity index (χ1n) is 14.8. The number of amides is 2. The van der Waals surface area contributed by atoms with Crippen molar-refractivity contribution in [3.8, 4) is 22.5 Å². The first kappa shape index (κ1) is 28.4. The van der Waals surface area contributed by atoms with Crippen LogP contribution in [0.4, 0.5) is 11.6 Å². The van der Waals surface area contributed by atoms with Crippen molar-refractivity contribution < 1.29 is 9.59 Å². The number of nitrogens with one attached hydrogen (secondary N) is 2. The van der Waals surface area contributed by atoms with E-state index in [-0.39, 0.29) is 18.2 Å². The molecule has 1 atom stereocenters. The van der Waals surface area contributed by atoms with E-state index < -0.39 is 11.9 Å². The van der Waals surface area contributed by atoms with Gasteiger partial charge in [0.25, 0.3) is 0 Å². The van der Waals surface area contributed by atoms with Crippen LogP contribution in [0.1, 0.15) is 44.1 Å². The summed E-state index contributed by atoms with van der Waals surface area (Å²) in [5.74, 6) is 0.589. The van der Waals surface area contributed by atoms with Crippen molar-refractivity contribution in [2.24, 2.45) is 23.3 Å². The molecule has 2 amide bonds. The lowest BCUT2D eigenvalue weighted by Gasteiger charge is -2.35. The number of anilines is 2. The lowest BCUT2D eigenvalue weighted by atomic mass is 9.81. The second-order valence-electron chi connectivity index (χ2n) is 11.5. The second kappa shape index (κ2) is 12.7. The molecule has 0 saturated heterocycles. The number of carbonyl (C=O) groups is 2. The molecule has 12 nitrogen and oxygen atoms in total. The van der Waals surface area contributed by atoms with Gasteiger partial charge >= 0.3 is 0 Å². The normalized spacial score (nSPS) is 19.0. The number of carbonyl (C=O) groups excluding carboxylic acids is 2. The van der Waals surface area contributed by atoms with Gasteiger partial charge in [-0.3, -0.25) is 14.5 Å². The van der Waals surface area contributed by atoms with E-state index >= 15 is 0 Å². The quantitative estimate of drug-likeness (QED) is 0.207. The molecule has 2 fully saturated rings. The number of rotatable bonds is 11. The minimum absolute atomic E-state index is 0.102. The van der Waals surface area contributed by atoms with Crippen molar-refractivity contribution in [2.45, 2.75) is 57.0 Å². The van der Waals surface area contributed by atoms with E-state index in [0.29, 0.717) is 36.0 Å². The highest BCUT2D eigenvalue weighted by Gasteiger charge is 2.36. The zero-order valence-corrected chi connectivity index (χ0v) is 23.9. The van der Waals surface area contributed by atoms with Gasteiger partial charge in [0, 0.05) is 47.6 Å². The van der Waals surface area contributed by atoms with Crippen LogP contribution in [0.3, 0.4) is 0 Å². The van der Waals surface area contributed by atoms with Crippen LogP contribution in [0.25, 0.3) is 22.5 Å². The number of aromatic amines is 1. The van der Waals surface area contributed by atoms with Gasteiger partial charge in [0.1, 0.15) is 6.04 Å². The third kappa shape index (κ3) is 6.69. The Kier molecular flexibility index (Phi) is 8.36.